The number of hydrogen-bond donors (Lipinski definition) is 0. The third-order valence-electron chi connectivity index (χ3n) is 4.80. The molecule has 156 valence electrons. The molecule has 0 bridgehead atoms. The van der Waals surface area contributed by atoms with Gasteiger partial charge in [0.2, 0.25) is 11.0 Å². The van der Waals surface area contributed by atoms with Crippen LogP contribution in [0.4, 0.5) is 0 Å². The highest BCUT2D eigenvalue weighted by Gasteiger charge is 2.30. The first-order valence-corrected chi connectivity index (χ1v) is 11.1. The van der Waals surface area contributed by atoms with Crippen LogP contribution in [0.5, 0.6) is 5.88 Å². The Morgan fingerprint density at radius 3 is 2.77 bits per heavy atom. The molecule has 30 heavy (non-hydrogen) atoms. The Kier molecular flexibility index (Phi) is 5.57. The molecule has 0 aliphatic carbocycles. The first kappa shape index (κ1) is 19.8. The van der Waals surface area contributed by atoms with Crippen molar-refractivity contribution in [1.29, 1.82) is 0 Å². The number of carbonyl (C=O) groups is 3. The Labute approximate surface area is 175 Å². The van der Waals surface area contributed by atoms with Crippen molar-refractivity contribution >= 4 is 28.7 Å². The summed E-state index contributed by atoms with van der Waals surface area (Å²) in [6.07, 6.45) is 4.68. The van der Waals surface area contributed by atoms with Crippen molar-refractivity contribution in [1.82, 2.24) is 20.0 Å². The molecule has 0 aromatic carbocycles. The highest BCUT2D eigenvalue weighted by atomic mass is 32.2. The molecule has 0 atom stereocenters. The minimum Gasteiger partial charge on any atom is -0.473 e. The fourth-order valence-corrected chi connectivity index (χ4v) is 4.34. The standard InChI is InChI=1S/C20H20N4O5S/c1-12-15(17(23-29-12)13-4-6-21-7-5-13)11-28-16-3-2-14(10-22-16)18(25)24-8-9-30-20(27)19(24)26/h2-7,10H,8-9,11H2,1H3,30H4. The zero-order valence-electron chi connectivity index (χ0n) is 16.2. The van der Waals surface area contributed by atoms with Crippen molar-refractivity contribution in [2.45, 2.75) is 13.5 Å². The summed E-state index contributed by atoms with van der Waals surface area (Å²) in [5.41, 5.74) is 2.53. The van der Waals surface area contributed by atoms with Gasteiger partial charge in [0.15, 0.2) is 0 Å². The number of pyridine rings is 2. The summed E-state index contributed by atoms with van der Waals surface area (Å²) in [7, 11) is 0. The van der Waals surface area contributed by atoms with Crippen LogP contribution in [0.25, 0.3) is 11.3 Å². The summed E-state index contributed by atoms with van der Waals surface area (Å²) in [5, 5.41) is 3.68. The van der Waals surface area contributed by atoms with Gasteiger partial charge in [0, 0.05) is 36.8 Å². The van der Waals surface area contributed by atoms with Crippen LogP contribution in [0, 0.1) is 6.92 Å². The van der Waals surface area contributed by atoms with Gasteiger partial charge in [-0.2, -0.15) is 0 Å². The van der Waals surface area contributed by atoms with Gasteiger partial charge >= 0.3 is 5.91 Å². The molecule has 4 heterocycles. The lowest BCUT2D eigenvalue weighted by Crippen LogP contribution is -2.45. The Balaban J connectivity index is 1.45. The Hall–Kier alpha value is -3.53. The number of carbonyl (C=O) groups excluding carboxylic acids is 3. The number of imide groups is 1. The second-order valence-electron chi connectivity index (χ2n) is 6.76. The van der Waals surface area contributed by atoms with Crippen molar-refractivity contribution in [3.05, 3.63) is 59.7 Å². The summed E-state index contributed by atoms with van der Waals surface area (Å²) in [6.45, 7) is 2.26. The van der Waals surface area contributed by atoms with Crippen molar-refractivity contribution in [2.75, 3.05) is 12.3 Å². The van der Waals surface area contributed by atoms with E-state index in [1.807, 2.05) is 12.1 Å². The third-order valence-corrected chi connectivity index (χ3v) is 6.23. The van der Waals surface area contributed by atoms with Gasteiger partial charge in [-0.25, -0.2) is 16.7 Å². The van der Waals surface area contributed by atoms with Gasteiger partial charge in [0.1, 0.15) is 18.1 Å². The van der Waals surface area contributed by atoms with Gasteiger partial charge in [-0.3, -0.25) is 24.3 Å². The minimum absolute atomic E-state index is 0.178. The van der Waals surface area contributed by atoms with E-state index in [1.165, 1.54) is 12.3 Å². The lowest BCUT2D eigenvalue weighted by atomic mass is 10.1. The summed E-state index contributed by atoms with van der Waals surface area (Å²) >= 11 is -1.05. The van der Waals surface area contributed by atoms with Gasteiger partial charge in [-0.1, -0.05) is 5.16 Å². The highest BCUT2D eigenvalue weighted by molar-refractivity contribution is 8.15. The molecule has 1 saturated heterocycles. The molecule has 3 aromatic rings. The van der Waals surface area contributed by atoms with E-state index in [2.05, 4.69) is 15.1 Å². The van der Waals surface area contributed by atoms with Crippen molar-refractivity contribution in [3.8, 4) is 17.1 Å². The predicted molar refractivity (Wildman–Crippen MR) is 112 cm³/mol. The fraction of sp³-hybridized carbons (Fsp3) is 0.200. The molecule has 0 N–H and O–H groups in total. The Bertz CT molecular complexity index is 1100. The summed E-state index contributed by atoms with van der Waals surface area (Å²) in [5.74, 6) is 0.329. The number of aromatic nitrogens is 3. The zero-order chi connectivity index (χ0) is 21.1. The molecule has 4 rings (SSSR count). The lowest BCUT2D eigenvalue weighted by Gasteiger charge is -2.25. The first-order chi connectivity index (χ1) is 14.5. The van der Waals surface area contributed by atoms with E-state index in [0.717, 1.165) is 16.0 Å². The molecule has 1 aliphatic heterocycles. The van der Waals surface area contributed by atoms with Crippen molar-refractivity contribution in [2.24, 2.45) is 0 Å². The highest BCUT2D eigenvalue weighted by Crippen LogP contribution is 2.26. The van der Waals surface area contributed by atoms with E-state index in [4.69, 9.17) is 9.26 Å². The van der Waals surface area contributed by atoms with Crippen LogP contribution < -0.4 is 4.74 Å². The smallest absolute Gasteiger partial charge is 0.304 e. The van der Waals surface area contributed by atoms with Crippen LogP contribution in [0.3, 0.4) is 0 Å². The summed E-state index contributed by atoms with van der Waals surface area (Å²) in [6, 6.07) is 6.73. The van der Waals surface area contributed by atoms with E-state index in [-0.39, 0.29) is 12.2 Å². The maximum Gasteiger partial charge on any atom is 0.304 e. The van der Waals surface area contributed by atoms with Crippen LogP contribution in [0.15, 0.2) is 47.4 Å². The van der Waals surface area contributed by atoms with Crippen molar-refractivity contribution < 1.29 is 23.6 Å². The van der Waals surface area contributed by atoms with E-state index in [9.17, 15) is 14.4 Å². The molecular formula is C20H20N4O5S. The monoisotopic (exact) mass is 428 g/mol. The van der Waals surface area contributed by atoms with Crippen LogP contribution >= 0.6 is 11.8 Å². The molecule has 0 saturated carbocycles. The van der Waals surface area contributed by atoms with Gasteiger partial charge in [0.05, 0.1) is 11.1 Å². The molecule has 0 radical (unpaired) electrons. The SMILES string of the molecule is Cc1onc(-c2ccncc2)c1COc1ccc(C(=O)N2CC[SH4]C(=O)C2=O)cn1. The fourth-order valence-electron chi connectivity index (χ4n) is 3.14. The van der Waals surface area contributed by atoms with E-state index >= 15 is 0 Å². The second-order valence-corrected chi connectivity index (χ2v) is 8.61. The number of aryl methyl sites for hydroxylation is 1. The maximum atomic E-state index is 12.5. The molecule has 1 fully saturated rings. The average molecular weight is 428 g/mol. The van der Waals surface area contributed by atoms with Gasteiger partial charge in [-0.15, -0.1) is 0 Å². The van der Waals surface area contributed by atoms with E-state index < -0.39 is 28.7 Å². The Morgan fingerprint density at radius 2 is 2.03 bits per heavy atom. The van der Waals surface area contributed by atoms with Crippen LogP contribution in [0.1, 0.15) is 21.7 Å². The lowest BCUT2D eigenvalue weighted by molar-refractivity contribution is -0.138. The van der Waals surface area contributed by atoms with Gasteiger partial charge in [-0.05, 0) is 30.9 Å². The van der Waals surface area contributed by atoms with E-state index in [1.54, 1.807) is 25.4 Å². The van der Waals surface area contributed by atoms with Gasteiger partial charge < -0.3 is 9.26 Å². The molecule has 0 unspecified atom stereocenters. The molecule has 1 aliphatic rings. The number of hydrogen-bond acceptors (Lipinski definition) is 8. The normalized spacial score (nSPS) is 14.4. The Morgan fingerprint density at radius 1 is 1.23 bits per heavy atom. The maximum absolute atomic E-state index is 12.5. The van der Waals surface area contributed by atoms with Crippen LogP contribution in [0.2, 0.25) is 0 Å². The molecule has 0 spiro atoms. The quantitative estimate of drug-likeness (QED) is 0.440. The first-order valence-electron chi connectivity index (χ1n) is 9.38. The predicted octanol–water partition coefficient (Wildman–Crippen LogP) is 1.19. The topological polar surface area (TPSA) is 115 Å². The zero-order valence-corrected chi connectivity index (χ0v) is 17.6. The molecule has 2 amide bonds. The van der Waals surface area contributed by atoms with Crippen LogP contribution in [-0.4, -0.2) is 49.3 Å². The number of ether oxygens (including phenoxy) is 1. The molecule has 3 aromatic heterocycles. The average Bonchev–Trinajstić information content (AvgIpc) is 3.15. The largest absolute Gasteiger partial charge is 0.473 e. The minimum atomic E-state index is -1.05. The van der Waals surface area contributed by atoms with Crippen LogP contribution in [-0.2, 0) is 16.2 Å². The molecule has 10 heteroatoms. The number of nitrogens with zero attached hydrogens (tertiary/aromatic N) is 4. The van der Waals surface area contributed by atoms with Crippen molar-refractivity contribution in [3.63, 3.8) is 0 Å². The number of rotatable bonds is 5. The van der Waals surface area contributed by atoms with Gasteiger partial charge in [0.25, 0.3) is 5.91 Å². The summed E-state index contributed by atoms with van der Waals surface area (Å²) in [4.78, 5) is 45.2. The molecule has 9 nitrogen and oxygen atoms in total. The third kappa shape index (κ3) is 3.94. The molecular weight excluding hydrogens is 408 g/mol. The number of amides is 2. The summed E-state index contributed by atoms with van der Waals surface area (Å²) < 4.78 is 11.0. The second kappa shape index (κ2) is 8.46. The van der Waals surface area contributed by atoms with E-state index in [0.29, 0.717) is 29.6 Å².